The van der Waals surface area contributed by atoms with Crippen molar-refractivity contribution in [3.8, 4) is 0 Å². The predicted octanol–water partition coefficient (Wildman–Crippen LogP) is 1.55. The van der Waals surface area contributed by atoms with Crippen LogP contribution in [0.3, 0.4) is 0 Å². The average molecular weight is 269 g/mol. The van der Waals surface area contributed by atoms with E-state index in [2.05, 4.69) is 11.3 Å². The highest BCUT2D eigenvalue weighted by atomic mass is 32.2. The molecular weight excluding hydrogens is 254 g/mol. The summed E-state index contributed by atoms with van der Waals surface area (Å²) in [6.45, 7) is 7.03. The largest absolute Gasteiger partial charge is 0.478 e. The van der Waals surface area contributed by atoms with Gasteiger partial charge in [-0.05, 0) is 31.5 Å². The van der Waals surface area contributed by atoms with E-state index in [4.69, 9.17) is 5.11 Å². The zero-order chi connectivity index (χ0) is 13.9. The third kappa shape index (κ3) is 3.41. The van der Waals surface area contributed by atoms with Gasteiger partial charge in [0.15, 0.2) is 0 Å². The molecule has 0 aliphatic rings. The Morgan fingerprint density at radius 2 is 2.06 bits per heavy atom. The summed E-state index contributed by atoms with van der Waals surface area (Å²) in [6.07, 6.45) is 0. The number of aromatic carboxylic acids is 1. The fourth-order valence-electron chi connectivity index (χ4n) is 1.32. The Morgan fingerprint density at radius 3 is 2.56 bits per heavy atom. The van der Waals surface area contributed by atoms with Gasteiger partial charge in [0.25, 0.3) is 0 Å². The van der Waals surface area contributed by atoms with Gasteiger partial charge in [-0.1, -0.05) is 18.2 Å². The van der Waals surface area contributed by atoms with Gasteiger partial charge in [0.2, 0.25) is 10.0 Å². The standard InChI is InChI=1S/C12H15NO4S/c1-8(2)7-13-18(16,17)11-6-10(12(14)15)5-4-9(11)3/h4-6,13H,1,7H2,2-3H3,(H,14,15). The molecule has 6 heteroatoms. The van der Waals surface area contributed by atoms with E-state index in [1.807, 2.05) is 0 Å². The van der Waals surface area contributed by atoms with Crippen molar-refractivity contribution in [1.82, 2.24) is 4.72 Å². The van der Waals surface area contributed by atoms with Crippen molar-refractivity contribution in [2.45, 2.75) is 18.7 Å². The SMILES string of the molecule is C=C(C)CNS(=O)(=O)c1cc(C(=O)O)ccc1C. The first-order valence-corrected chi connectivity index (χ1v) is 6.70. The van der Waals surface area contributed by atoms with Crippen LogP contribution in [0.5, 0.6) is 0 Å². The van der Waals surface area contributed by atoms with E-state index in [1.165, 1.54) is 12.1 Å². The maximum atomic E-state index is 12.0. The molecular formula is C12H15NO4S. The number of carboxylic acid groups (broad SMARTS) is 1. The molecule has 0 atom stereocenters. The minimum atomic E-state index is -3.72. The molecule has 0 bridgehead atoms. The summed E-state index contributed by atoms with van der Waals surface area (Å²) in [5, 5.41) is 8.85. The highest BCUT2D eigenvalue weighted by molar-refractivity contribution is 7.89. The number of rotatable bonds is 5. The Balaban J connectivity index is 3.18. The highest BCUT2D eigenvalue weighted by Crippen LogP contribution is 2.17. The van der Waals surface area contributed by atoms with Crippen molar-refractivity contribution >= 4 is 16.0 Å². The molecule has 0 saturated heterocycles. The molecule has 1 rings (SSSR count). The summed E-state index contributed by atoms with van der Waals surface area (Å²) in [7, 11) is -3.72. The van der Waals surface area contributed by atoms with E-state index in [1.54, 1.807) is 13.8 Å². The van der Waals surface area contributed by atoms with E-state index >= 15 is 0 Å². The number of benzene rings is 1. The third-order valence-corrected chi connectivity index (χ3v) is 3.83. The summed E-state index contributed by atoms with van der Waals surface area (Å²) in [5.41, 5.74) is 1.11. The van der Waals surface area contributed by atoms with Crippen LogP contribution in [-0.2, 0) is 10.0 Å². The van der Waals surface area contributed by atoms with Crippen LogP contribution in [0.2, 0.25) is 0 Å². The number of nitrogens with one attached hydrogen (secondary N) is 1. The van der Waals surface area contributed by atoms with E-state index in [0.29, 0.717) is 11.1 Å². The lowest BCUT2D eigenvalue weighted by molar-refractivity contribution is 0.0696. The molecule has 0 aromatic heterocycles. The fourth-order valence-corrected chi connectivity index (χ4v) is 2.68. The lowest BCUT2D eigenvalue weighted by Gasteiger charge is -2.10. The van der Waals surface area contributed by atoms with Crippen LogP contribution in [0.1, 0.15) is 22.8 Å². The fraction of sp³-hybridized carbons (Fsp3) is 0.250. The number of carbonyl (C=O) groups is 1. The van der Waals surface area contributed by atoms with Crippen molar-refractivity contribution < 1.29 is 18.3 Å². The van der Waals surface area contributed by atoms with Crippen LogP contribution in [0.15, 0.2) is 35.2 Å². The first kappa shape index (κ1) is 14.4. The van der Waals surface area contributed by atoms with E-state index in [0.717, 1.165) is 6.07 Å². The average Bonchev–Trinajstić information content (AvgIpc) is 2.26. The summed E-state index contributed by atoms with van der Waals surface area (Å²) in [4.78, 5) is 10.8. The minimum absolute atomic E-state index is 0.0244. The molecule has 0 saturated carbocycles. The molecule has 0 spiro atoms. The highest BCUT2D eigenvalue weighted by Gasteiger charge is 2.18. The van der Waals surface area contributed by atoms with Gasteiger partial charge in [-0.2, -0.15) is 0 Å². The summed E-state index contributed by atoms with van der Waals surface area (Å²) in [6, 6.07) is 3.99. The van der Waals surface area contributed by atoms with Gasteiger partial charge >= 0.3 is 5.97 Å². The molecule has 0 unspecified atom stereocenters. The van der Waals surface area contributed by atoms with Gasteiger partial charge in [0.1, 0.15) is 0 Å². The summed E-state index contributed by atoms with van der Waals surface area (Å²) in [5.74, 6) is -1.16. The van der Waals surface area contributed by atoms with Gasteiger partial charge in [-0.3, -0.25) is 0 Å². The van der Waals surface area contributed by atoms with E-state index in [-0.39, 0.29) is 17.0 Å². The van der Waals surface area contributed by atoms with Gasteiger partial charge in [-0.15, -0.1) is 0 Å². The van der Waals surface area contributed by atoms with Gasteiger partial charge < -0.3 is 5.11 Å². The summed E-state index contributed by atoms with van der Waals surface area (Å²) >= 11 is 0. The molecule has 2 N–H and O–H groups in total. The number of carboxylic acids is 1. The van der Waals surface area contributed by atoms with Gasteiger partial charge in [-0.25, -0.2) is 17.9 Å². The maximum absolute atomic E-state index is 12.0. The number of aryl methyl sites for hydroxylation is 1. The normalized spacial score (nSPS) is 11.2. The monoisotopic (exact) mass is 269 g/mol. The number of hydrogen-bond acceptors (Lipinski definition) is 3. The second-order valence-corrected chi connectivity index (χ2v) is 5.80. The Hall–Kier alpha value is -1.66. The Morgan fingerprint density at radius 1 is 1.44 bits per heavy atom. The molecule has 1 aromatic rings. The van der Waals surface area contributed by atoms with Crippen LogP contribution in [0.25, 0.3) is 0 Å². The van der Waals surface area contributed by atoms with Crippen molar-refractivity contribution in [2.24, 2.45) is 0 Å². The zero-order valence-electron chi connectivity index (χ0n) is 10.2. The number of hydrogen-bond donors (Lipinski definition) is 2. The molecule has 0 amide bonds. The van der Waals surface area contributed by atoms with Crippen molar-refractivity contribution in [3.05, 3.63) is 41.5 Å². The van der Waals surface area contributed by atoms with Gasteiger partial charge in [0.05, 0.1) is 10.5 Å². The van der Waals surface area contributed by atoms with Crippen LogP contribution < -0.4 is 4.72 Å². The van der Waals surface area contributed by atoms with Crippen molar-refractivity contribution in [2.75, 3.05) is 6.54 Å². The molecule has 18 heavy (non-hydrogen) atoms. The molecule has 0 aliphatic heterocycles. The first-order chi connectivity index (χ1) is 8.24. The lowest BCUT2D eigenvalue weighted by Crippen LogP contribution is -2.26. The Labute approximate surface area is 106 Å². The van der Waals surface area contributed by atoms with E-state index < -0.39 is 16.0 Å². The third-order valence-electron chi connectivity index (χ3n) is 2.29. The van der Waals surface area contributed by atoms with Crippen molar-refractivity contribution in [3.63, 3.8) is 0 Å². The Kier molecular flexibility index (Phi) is 4.26. The zero-order valence-corrected chi connectivity index (χ0v) is 11.0. The van der Waals surface area contributed by atoms with Crippen LogP contribution in [-0.4, -0.2) is 26.0 Å². The van der Waals surface area contributed by atoms with Crippen LogP contribution in [0.4, 0.5) is 0 Å². The lowest BCUT2D eigenvalue weighted by atomic mass is 10.1. The van der Waals surface area contributed by atoms with Crippen LogP contribution >= 0.6 is 0 Å². The molecule has 0 aliphatic carbocycles. The van der Waals surface area contributed by atoms with Crippen molar-refractivity contribution in [1.29, 1.82) is 0 Å². The molecule has 0 heterocycles. The predicted molar refractivity (Wildman–Crippen MR) is 68.1 cm³/mol. The van der Waals surface area contributed by atoms with Gasteiger partial charge in [0, 0.05) is 6.54 Å². The number of sulfonamides is 1. The smallest absolute Gasteiger partial charge is 0.335 e. The minimum Gasteiger partial charge on any atom is -0.478 e. The molecule has 0 fully saturated rings. The summed E-state index contributed by atoms with van der Waals surface area (Å²) < 4.78 is 26.3. The molecule has 5 nitrogen and oxygen atoms in total. The topological polar surface area (TPSA) is 83.5 Å². The Bertz CT molecular complexity index is 590. The second kappa shape index (κ2) is 5.32. The van der Waals surface area contributed by atoms with E-state index in [9.17, 15) is 13.2 Å². The quantitative estimate of drug-likeness (QED) is 0.794. The molecule has 98 valence electrons. The van der Waals surface area contributed by atoms with Crippen LogP contribution in [0, 0.1) is 6.92 Å². The molecule has 0 radical (unpaired) electrons. The molecule has 1 aromatic carbocycles. The maximum Gasteiger partial charge on any atom is 0.335 e. The first-order valence-electron chi connectivity index (χ1n) is 5.22. The second-order valence-electron chi connectivity index (χ2n) is 4.07.